The topological polar surface area (TPSA) is 32.3 Å². The molecule has 0 unspecified atom stereocenters. The van der Waals surface area contributed by atoms with Crippen LogP contribution in [0.15, 0.2) is 28.7 Å². The molecule has 86 valence electrons. The predicted molar refractivity (Wildman–Crippen MR) is 67.8 cm³/mol. The highest BCUT2D eigenvalue weighted by atomic mass is 79.9. The smallest absolute Gasteiger partial charge is 0.176 e. The number of carbonyl (C=O) groups excluding carboxylic acids is 1. The van der Waals surface area contributed by atoms with Gasteiger partial charge >= 0.3 is 0 Å². The molecule has 0 amide bonds. The number of Topliss-reactive ketones (excluding diaryl/α,β-unsaturated/α-hetero) is 1. The Kier molecular flexibility index (Phi) is 4.09. The van der Waals surface area contributed by atoms with Crippen LogP contribution in [0.3, 0.4) is 0 Å². The van der Waals surface area contributed by atoms with Gasteiger partial charge < -0.3 is 5.32 Å². The van der Waals surface area contributed by atoms with Gasteiger partial charge in [0.15, 0.2) is 5.78 Å². The molecular formula is C12H15BrN2O. The van der Waals surface area contributed by atoms with E-state index in [1.165, 1.54) is 0 Å². The number of ketones is 1. The second kappa shape index (κ2) is 5.57. The zero-order valence-electron chi connectivity index (χ0n) is 9.08. The van der Waals surface area contributed by atoms with Crippen molar-refractivity contribution in [2.75, 3.05) is 32.7 Å². The molecule has 1 aliphatic heterocycles. The lowest BCUT2D eigenvalue weighted by Gasteiger charge is -2.26. The Morgan fingerprint density at radius 1 is 1.38 bits per heavy atom. The molecule has 16 heavy (non-hydrogen) atoms. The normalized spacial score (nSPS) is 17.3. The summed E-state index contributed by atoms with van der Waals surface area (Å²) in [4.78, 5) is 14.2. The fourth-order valence-corrected chi connectivity index (χ4v) is 2.22. The molecule has 0 aliphatic carbocycles. The lowest BCUT2D eigenvalue weighted by atomic mass is 10.1. The van der Waals surface area contributed by atoms with Crippen molar-refractivity contribution in [2.45, 2.75) is 0 Å². The summed E-state index contributed by atoms with van der Waals surface area (Å²) in [6, 6.07) is 7.58. The van der Waals surface area contributed by atoms with Gasteiger partial charge in [0.2, 0.25) is 0 Å². The van der Waals surface area contributed by atoms with Gasteiger partial charge in [-0.15, -0.1) is 0 Å². The summed E-state index contributed by atoms with van der Waals surface area (Å²) in [5.74, 6) is 0.197. The molecule has 0 aromatic heterocycles. The molecule has 0 spiro atoms. The quantitative estimate of drug-likeness (QED) is 0.854. The third-order valence-electron chi connectivity index (χ3n) is 2.72. The zero-order valence-corrected chi connectivity index (χ0v) is 10.7. The monoisotopic (exact) mass is 282 g/mol. The Balaban J connectivity index is 1.97. The van der Waals surface area contributed by atoms with Crippen LogP contribution >= 0.6 is 15.9 Å². The number of nitrogens with zero attached hydrogens (tertiary/aromatic N) is 1. The summed E-state index contributed by atoms with van der Waals surface area (Å²) in [7, 11) is 0. The minimum atomic E-state index is 0.197. The molecule has 1 aromatic carbocycles. The second-order valence-electron chi connectivity index (χ2n) is 3.96. The molecule has 1 aromatic rings. The van der Waals surface area contributed by atoms with Gasteiger partial charge in [-0.2, -0.15) is 0 Å². The Bertz CT molecular complexity index is 375. The molecule has 0 atom stereocenters. The molecule has 0 bridgehead atoms. The number of rotatable bonds is 3. The van der Waals surface area contributed by atoms with Crippen molar-refractivity contribution in [2.24, 2.45) is 0 Å². The average Bonchev–Trinajstić information content (AvgIpc) is 2.30. The van der Waals surface area contributed by atoms with Gasteiger partial charge in [-0.05, 0) is 12.1 Å². The van der Waals surface area contributed by atoms with Crippen LogP contribution in [0, 0.1) is 0 Å². The Labute approximate surface area is 104 Å². The maximum Gasteiger partial charge on any atom is 0.176 e. The standard InChI is InChI=1S/C12H15BrN2O/c13-11-3-1-2-10(8-11)12(16)9-15-6-4-14-5-7-15/h1-3,8,14H,4-7,9H2. The summed E-state index contributed by atoms with van der Waals surface area (Å²) < 4.78 is 0.957. The number of nitrogens with one attached hydrogen (secondary N) is 1. The third kappa shape index (κ3) is 3.14. The number of hydrogen-bond acceptors (Lipinski definition) is 3. The molecule has 0 saturated carbocycles. The molecule has 4 heteroatoms. The van der Waals surface area contributed by atoms with Crippen molar-refractivity contribution in [1.29, 1.82) is 0 Å². The minimum Gasteiger partial charge on any atom is -0.314 e. The highest BCUT2D eigenvalue weighted by Gasteiger charge is 2.14. The fourth-order valence-electron chi connectivity index (χ4n) is 1.83. The summed E-state index contributed by atoms with van der Waals surface area (Å²) in [5.41, 5.74) is 0.785. The number of hydrogen-bond donors (Lipinski definition) is 1. The van der Waals surface area contributed by atoms with E-state index < -0.39 is 0 Å². The van der Waals surface area contributed by atoms with Crippen LogP contribution in [0.25, 0.3) is 0 Å². The van der Waals surface area contributed by atoms with E-state index in [9.17, 15) is 4.79 Å². The first kappa shape index (κ1) is 11.8. The largest absolute Gasteiger partial charge is 0.314 e. The highest BCUT2D eigenvalue weighted by Crippen LogP contribution is 2.12. The van der Waals surface area contributed by atoms with E-state index in [1.807, 2.05) is 24.3 Å². The summed E-state index contributed by atoms with van der Waals surface area (Å²) in [6.45, 7) is 4.40. The first-order valence-corrected chi connectivity index (χ1v) is 6.27. The van der Waals surface area contributed by atoms with E-state index in [2.05, 4.69) is 26.1 Å². The molecule has 1 heterocycles. The SMILES string of the molecule is O=C(CN1CCNCC1)c1cccc(Br)c1. The van der Waals surface area contributed by atoms with Gasteiger partial charge in [-0.25, -0.2) is 0 Å². The molecule has 3 nitrogen and oxygen atoms in total. The molecule has 1 N–H and O–H groups in total. The number of benzene rings is 1. The van der Waals surface area contributed by atoms with Crippen molar-refractivity contribution in [3.63, 3.8) is 0 Å². The summed E-state index contributed by atoms with van der Waals surface area (Å²) in [5, 5.41) is 3.28. The minimum absolute atomic E-state index is 0.197. The van der Waals surface area contributed by atoms with Crippen LogP contribution in [0.2, 0.25) is 0 Å². The Morgan fingerprint density at radius 2 is 2.12 bits per heavy atom. The van der Waals surface area contributed by atoms with Crippen LogP contribution in [0.4, 0.5) is 0 Å². The van der Waals surface area contributed by atoms with Crippen LogP contribution < -0.4 is 5.32 Å². The number of piperazine rings is 1. The Morgan fingerprint density at radius 3 is 2.81 bits per heavy atom. The van der Waals surface area contributed by atoms with Gasteiger partial charge in [-0.3, -0.25) is 9.69 Å². The van der Waals surface area contributed by atoms with Crippen molar-refractivity contribution in [1.82, 2.24) is 10.2 Å². The van der Waals surface area contributed by atoms with E-state index in [0.717, 1.165) is 36.2 Å². The van der Waals surface area contributed by atoms with Crippen molar-refractivity contribution in [3.05, 3.63) is 34.3 Å². The van der Waals surface area contributed by atoms with E-state index in [1.54, 1.807) is 0 Å². The van der Waals surface area contributed by atoms with Gasteiger partial charge in [0.1, 0.15) is 0 Å². The van der Waals surface area contributed by atoms with E-state index >= 15 is 0 Å². The van der Waals surface area contributed by atoms with Gasteiger partial charge in [-0.1, -0.05) is 28.1 Å². The Hall–Kier alpha value is -0.710. The molecule has 1 fully saturated rings. The fraction of sp³-hybridized carbons (Fsp3) is 0.417. The van der Waals surface area contributed by atoms with Crippen LogP contribution in [-0.4, -0.2) is 43.4 Å². The van der Waals surface area contributed by atoms with E-state index in [4.69, 9.17) is 0 Å². The summed E-state index contributed by atoms with van der Waals surface area (Å²) in [6.07, 6.45) is 0. The van der Waals surface area contributed by atoms with Gasteiger partial charge in [0, 0.05) is 36.2 Å². The number of carbonyl (C=O) groups is 1. The van der Waals surface area contributed by atoms with Crippen LogP contribution in [0.5, 0.6) is 0 Å². The first-order chi connectivity index (χ1) is 7.75. The highest BCUT2D eigenvalue weighted by molar-refractivity contribution is 9.10. The third-order valence-corrected chi connectivity index (χ3v) is 3.22. The lowest BCUT2D eigenvalue weighted by molar-refractivity contribution is 0.0921. The molecule has 1 saturated heterocycles. The average molecular weight is 283 g/mol. The van der Waals surface area contributed by atoms with Gasteiger partial charge in [0.05, 0.1) is 6.54 Å². The maximum absolute atomic E-state index is 12.0. The summed E-state index contributed by atoms with van der Waals surface area (Å²) >= 11 is 3.38. The first-order valence-electron chi connectivity index (χ1n) is 5.47. The second-order valence-corrected chi connectivity index (χ2v) is 4.88. The van der Waals surface area contributed by atoms with Gasteiger partial charge in [0.25, 0.3) is 0 Å². The zero-order chi connectivity index (χ0) is 11.4. The molecular weight excluding hydrogens is 268 g/mol. The van der Waals surface area contributed by atoms with Crippen molar-refractivity contribution in [3.8, 4) is 0 Å². The predicted octanol–water partition coefficient (Wildman–Crippen LogP) is 1.54. The molecule has 1 aliphatic rings. The van der Waals surface area contributed by atoms with Crippen molar-refractivity contribution < 1.29 is 4.79 Å². The van der Waals surface area contributed by atoms with Crippen LogP contribution in [0.1, 0.15) is 10.4 Å². The molecule has 2 rings (SSSR count). The van der Waals surface area contributed by atoms with Crippen molar-refractivity contribution >= 4 is 21.7 Å². The van der Waals surface area contributed by atoms with Crippen LogP contribution in [-0.2, 0) is 0 Å². The van der Waals surface area contributed by atoms with E-state index in [-0.39, 0.29) is 5.78 Å². The molecule has 0 radical (unpaired) electrons. The number of halogens is 1. The van der Waals surface area contributed by atoms with E-state index in [0.29, 0.717) is 6.54 Å². The lowest BCUT2D eigenvalue weighted by Crippen LogP contribution is -2.45. The maximum atomic E-state index is 12.0.